The van der Waals surface area contributed by atoms with Crippen LogP contribution in [0, 0.1) is 5.92 Å². The Kier molecular flexibility index (Phi) is 8.66. The second-order valence-corrected chi connectivity index (χ2v) is 6.62. The topological polar surface area (TPSA) is 171 Å². The van der Waals surface area contributed by atoms with Gasteiger partial charge >= 0.3 is 5.97 Å². The highest BCUT2D eigenvalue weighted by Gasteiger charge is 2.36. The Morgan fingerprint density at radius 2 is 1.59 bits per heavy atom. The summed E-state index contributed by atoms with van der Waals surface area (Å²) >= 11 is 0. The minimum atomic E-state index is -1.20. The average Bonchev–Trinajstić information content (AvgIpc) is 3.10. The van der Waals surface area contributed by atoms with E-state index in [1.807, 2.05) is 13.8 Å². The molecule has 1 rings (SSSR count). The molecule has 1 fully saturated rings. The summed E-state index contributed by atoms with van der Waals surface area (Å²) in [6.07, 6.45) is 1.16. The van der Waals surface area contributed by atoms with Crippen LogP contribution in [-0.4, -0.2) is 77.9 Å². The Balaban J connectivity index is 2.42. The number of carboxylic acids is 1. The fourth-order valence-corrected chi connectivity index (χ4v) is 2.54. The minimum Gasteiger partial charge on any atom is -0.480 e. The summed E-state index contributed by atoms with van der Waals surface area (Å²) in [5, 5.41) is 15.2. The maximum absolute atomic E-state index is 12.4. The van der Waals surface area contributed by atoms with Crippen molar-refractivity contribution in [1.29, 1.82) is 0 Å². The van der Waals surface area contributed by atoms with Crippen LogP contribution in [0.2, 0.25) is 0 Å². The first kappa shape index (κ1) is 22.4. The molecule has 11 nitrogen and oxygen atoms in total. The van der Waals surface area contributed by atoms with E-state index in [1.165, 1.54) is 4.90 Å². The molecule has 0 saturated carbocycles. The van der Waals surface area contributed by atoms with Gasteiger partial charge in [0.25, 0.3) is 0 Å². The number of amides is 4. The molecule has 1 aliphatic rings. The van der Waals surface area contributed by atoms with E-state index in [1.54, 1.807) is 0 Å². The molecule has 0 aliphatic carbocycles. The number of rotatable bonds is 9. The number of nitrogens with one attached hydrogen (secondary N) is 3. The van der Waals surface area contributed by atoms with Crippen LogP contribution in [0.1, 0.15) is 26.7 Å². The fraction of sp³-hybridized carbons (Fsp3) is 0.688. The molecule has 0 bridgehead atoms. The van der Waals surface area contributed by atoms with E-state index < -0.39 is 48.9 Å². The van der Waals surface area contributed by atoms with Crippen molar-refractivity contribution in [3.8, 4) is 0 Å². The lowest BCUT2D eigenvalue weighted by Gasteiger charge is -2.28. The Morgan fingerprint density at radius 1 is 1.04 bits per heavy atom. The van der Waals surface area contributed by atoms with Gasteiger partial charge in [0.15, 0.2) is 0 Å². The van der Waals surface area contributed by atoms with Gasteiger partial charge in [0.1, 0.15) is 12.6 Å². The zero-order valence-corrected chi connectivity index (χ0v) is 15.5. The van der Waals surface area contributed by atoms with Crippen molar-refractivity contribution in [2.24, 2.45) is 11.7 Å². The van der Waals surface area contributed by atoms with Gasteiger partial charge in [-0.3, -0.25) is 24.0 Å². The zero-order valence-electron chi connectivity index (χ0n) is 15.5. The quantitative estimate of drug-likeness (QED) is 0.289. The molecule has 2 atom stereocenters. The molecule has 152 valence electrons. The lowest BCUT2D eigenvalue weighted by atomic mass is 10.0. The first-order valence-corrected chi connectivity index (χ1v) is 8.72. The van der Waals surface area contributed by atoms with Gasteiger partial charge in [0.05, 0.1) is 19.1 Å². The number of aliphatic carboxylic acids is 1. The number of likely N-dealkylation sites (tertiary alicyclic amines) is 1. The van der Waals surface area contributed by atoms with E-state index >= 15 is 0 Å². The second-order valence-electron chi connectivity index (χ2n) is 6.62. The highest BCUT2D eigenvalue weighted by molar-refractivity contribution is 5.93. The SMILES string of the molecule is CC(C)[C@H](N)C(=O)N1CCC[C@H]1C(=O)NCC(=O)NCC(=O)NCC(=O)O. The standard InChI is InChI=1S/C16H27N5O6/c1-9(2)14(17)16(27)21-5-3-4-10(21)15(26)20-7-12(23)18-6-11(22)19-8-13(24)25/h9-10,14H,3-8,17H2,1-2H3,(H,18,23)(H,19,22)(H,20,26)(H,24,25)/t10-,14-/m0/s1. The van der Waals surface area contributed by atoms with Gasteiger partial charge in [-0.1, -0.05) is 13.8 Å². The van der Waals surface area contributed by atoms with Crippen LogP contribution in [0.15, 0.2) is 0 Å². The van der Waals surface area contributed by atoms with Gasteiger partial charge in [0.2, 0.25) is 23.6 Å². The third-order valence-corrected chi connectivity index (χ3v) is 4.15. The first-order chi connectivity index (χ1) is 12.6. The Bertz CT molecular complexity index is 594. The summed E-state index contributed by atoms with van der Waals surface area (Å²) in [7, 11) is 0. The third-order valence-electron chi connectivity index (χ3n) is 4.15. The van der Waals surface area contributed by atoms with Gasteiger partial charge in [0, 0.05) is 6.54 Å². The summed E-state index contributed by atoms with van der Waals surface area (Å²) in [5.41, 5.74) is 5.87. The summed E-state index contributed by atoms with van der Waals surface area (Å²) < 4.78 is 0. The molecular weight excluding hydrogens is 358 g/mol. The predicted molar refractivity (Wildman–Crippen MR) is 94.2 cm³/mol. The second kappa shape index (κ2) is 10.5. The predicted octanol–water partition coefficient (Wildman–Crippen LogP) is -2.61. The van der Waals surface area contributed by atoms with E-state index in [-0.39, 0.29) is 18.4 Å². The Morgan fingerprint density at radius 3 is 2.15 bits per heavy atom. The van der Waals surface area contributed by atoms with Crippen LogP contribution in [0.25, 0.3) is 0 Å². The normalized spacial score (nSPS) is 17.3. The summed E-state index contributed by atoms with van der Waals surface area (Å²) in [6.45, 7) is 2.77. The molecule has 0 aromatic carbocycles. The van der Waals surface area contributed by atoms with E-state index in [0.29, 0.717) is 19.4 Å². The van der Waals surface area contributed by atoms with Gasteiger partial charge in [-0.05, 0) is 18.8 Å². The molecule has 4 amide bonds. The molecule has 0 radical (unpaired) electrons. The summed E-state index contributed by atoms with van der Waals surface area (Å²) in [6, 6.07) is -1.36. The van der Waals surface area contributed by atoms with Gasteiger partial charge < -0.3 is 31.7 Å². The van der Waals surface area contributed by atoms with Gasteiger partial charge in [-0.25, -0.2) is 0 Å². The largest absolute Gasteiger partial charge is 0.480 e. The molecule has 1 aliphatic heterocycles. The van der Waals surface area contributed by atoms with Crippen LogP contribution >= 0.6 is 0 Å². The molecule has 0 spiro atoms. The van der Waals surface area contributed by atoms with Crippen molar-refractivity contribution in [3.05, 3.63) is 0 Å². The fourth-order valence-electron chi connectivity index (χ4n) is 2.54. The molecule has 11 heteroatoms. The highest BCUT2D eigenvalue weighted by atomic mass is 16.4. The lowest BCUT2D eigenvalue weighted by molar-refractivity contribution is -0.140. The summed E-state index contributed by atoms with van der Waals surface area (Å²) in [4.78, 5) is 59.4. The van der Waals surface area contributed by atoms with Crippen molar-refractivity contribution in [2.75, 3.05) is 26.2 Å². The van der Waals surface area contributed by atoms with E-state index in [0.717, 1.165) is 0 Å². The van der Waals surface area contributed by atoms with Crippen molar-refractivity contribution in [1.82, 2.24) is 20.9 Å². The average molecular weight is 385 g/mol. The van der Waals surface area contributed by atoms with Crippen molar-refractivity contribution < 1.29 is 29.1 Å². The van der Waals surface area contributed by atoms with Crippen LogP contribution in [-0.2, 0) is 24.0 Å². The summed E-state index contributed by atoms with van der Waals surface area (Å²) in [5.74, 6) is -3.27. The molecule has 1 heterocycles. The molecule has 1 saturated heterocycles. The van der Waals surface area contributed by atoms with Crippen LogP contribution < -0.4 is 21.7 Å². The number of nitrogens with two attached hydrogens (primary N) is 1. The maximum Gasteiger partial charge on any atom is 0.322 e. The van der Waals surface area contributed by atoms with E-state index in [9.17, 15) is 24.0 Å². The van der Waals surface area contributed by atoms with Crippen LogP contribution in [0.3, 0.4) is 0 Å². The van der Waals surface area contributed by atoms with Crippen LogP contribution in [0.5, 0.6) is 0 Å². The number of nitrogens with zero attached hydrogens (tertiary/aromatic N) is 1. The zero-order chi connectivity index (χ0) is 20.6. The van der Waals surface area contributed by atoms with E-state index in [2.05, 4.69) is 16.0 Å². The molecular formula is C16H27N5O6. The smallest absolute Gasteiger partial charge is 0.322 e. The number of carbonyl (C=O) groups is 5. The minimum absolute atomic E-state index is 0.0557. The molecule has 0 aromatic rings. The molecule has 27 heavy (non-hydrogen) atoms. The number of hydrogen-bond acceptors (Lipinski definition) is 6. The highest BCUT2D eigenvalue weighted by Crippen LogP contribution is 2.19. The van der Waals surface area contributed by atoms with E-state index in [4.69, 9.17) is 10.8 Å². The number of hydrogen-bond donors (Lipinski definition) is 5. The first-order valence-electron chi connectivity index (χ1n) is 8.72. The van der Waals surface area contributed by atoms with Gasteiger partial charge in [-0.2, -0.15) is 0 Å². The van der Waals surface area contributed by atoms with Crippen molar-refractivity contribution in [3.63, 3.8) is 0 Å². The lowest BCUT2D eigenvalue weighted by Crippen LogP contribution is -2.53. The molecule has 0 aromatic heterocycles. The third kappa shape index (κ3) is 7.21. The number of carbonyl (C=O) groups excluding carboxylic acids is 4. The Labute approximate surface area is 157 Å². The van der Waals surface area contributed by atoms with Crippen LogP contribution in [0.4, 0.5) is 0 Å². The Hall–Kier alpha value is -2.69. The molecule has 6 N–H and O–H groups in total. The van der Waals surface area contributed by atoms with Gasteiger partial charge in [-0.15, -0.1) is 0 Å². The molecule has 0 unspecified atom stereocenters. The van der Waals surface area contributed by atoms with Crippen molar-refractivity contribution in [2.45, 2.75) is 38.8 Å². The van der Waals surface area contributed by atoms with Crippen molar-refractivity contribution >= 4 is 29.6 Å². The maximum atomic E-state index is 12.4. The number of carboxylic acid groups (broad SMARTS) is 1. The monoisotopic (exact) mass is 385 g/mol.